The van der Waals surface area contributed by atoms with E-state index in [0.29, 0.717) is 17.9 Å². The molecule has 27 heavy (non-hydrogen) atoms. The van der Waals surface area contributed by atoms with E-state index in [1.807, 2.05) is 0 Å². The molecule has 0 aliphatic rings. The molecular formula is C17H17ClN2O7. The standard InChI is InChI=1S/C17H17ClN2O7/c1-4-25-14-8-11(7-12(18)17(14)26-9-15(21)24-3)5-6-13-16(20(22)23)10(2)19-27-13/h5-8H,4,9H2,1-3H3/b6-5+. The molecule has 0 radical (unpaired) electrons. The van der Waals surface area contributed by atoms with Gasteiger partial charge in [-0.3, -0.25) is 10.1 Å². The van der Waals surface area contributed by atoms with Gasteiger partial charge in [0.2, 0.25) is 5.76 Å². The average Bonchev–Trinajstić information content (AvgIpc) is 3.00. The number of hydrogen-bond acceptors (Lipinski definition) is 8. The number of rotatable bonds is 8. The molecule has 2 aromatic rings. The average molecular weight is 397 g/mol. The quantitative estimate of drug-likeness (QED) is 0.377. The second-order valence-corrected chi connectivity index (χ2v) is 5.61. The fourth-order valence-electron chi connectivity index (χ4n) is 2.16. The largest absolute Gasteiger partial charge is 0.490 e. The van der Waals surface area contributed by atoms with E-state index in [4.69, 9.17) is 25.6 Å². The SMILES string of the molecule is CCOc1cc(/C=C/c2onc(C)c2[N+](=O)[O-])cc(Cl)c1OCC(=O)OC. The van der Waals surface area contributed by atoms with Gasteiger partial charge in [-0.25, -0.2) is 4.79 Å². The van der Waals surface area contributed by atoms with Crippen molar-refractivity contribution >= 4 is 35.4 Å². The van der Waals surface area contributed by atoms with Crippen LogP contribution in [0.1, 0.15) is 23.9 Å². The number of esters is 1. The summed E-state index contributed by atoms with van der Waals surface area (Å²) in [7, 11) is 1.25. The lowest BCUT2D eigenvalue weighted by Gasteiger charge is -2.13. The number of aromatic nitrogens is 1. The van der Waals surface area contributed by atoms with E-state index in [1.165, 1.54) is 20.1 Å². The van der Waals surface area contributed by atoms with Crippen molar-refractivity contribution in [3.63, 3.8) is 0 Å². The topological polar surface area (TPSA) is 114 Å². The van der Waals surface area contributed by atoms with Gasteiger partial charge in [-0.2, -0.15) is 0 Å². The molecule has 0 fully saturated rings. The summed E-state index contributed by atoms with van der Waals surface area (Å²) >= 11 is 6.23. The van der Waals surface area contributed by atoms with E-state index >= 15 is 0 Å². The minimum atomic E-state index is -0.564. The zero-order valence-electron chi connectivity index (χ0n) is 14.9. The zero-order valence-corrected chi connectivity index (χ0v) is 15.6. The van der Waals surface area contributed by atoms with E-state index < -0.39 is 10.9 Å². The molecule has 1 aromatic carbocycles. The number of hydrogen-bond donors (Lipinski definition) is 0. The smallest absolute Gasteiger partial charge is 0.343 e. The Morgan fingerprint density at radius 3 is 2.74 bits per heavy atom. The Morgan fingerprint density at radius 1 is 1.37 bits per heavy atom. The number of benzene rings is 1. The number of halogens is 1. The third-order valence-electron chi connectivity index (χ3n) is 3.36. The third kappa shape index (κ3) is 4.98. The molecule has 10 heteroatoms. The van der Waals surface area contributed by atoms with E-state index in [2.05, 4.69) is 9.89 Å². The van der Waals surface area contributed by atoms with Crippen LogP contribution in [-0.4, -0.2) is 36.4 Å². The molecule has 1 heterocycles. The third-order valence-corrected chi connectivity index (χ3v) is 3.64. The van der Waals surface area contributed by atoms with Crippen LogP contribution in [0, 0.1) is 17.0 Å². The van der Waals surface area contributed by atoms with Crippen LogP contribution in [0.4, 0.5) is 5.69 Å². The predicted octanol–water partition coefficient (Wildman–Crippen LogP) is 3.67. The fraction of sp³-hybridized carbons (Fsp3) is 0.294. The Labute approximate surface area is 159 Å². The lowest BCUT2D eigenvalue weighted by molar-refractivity contribution is -0.386. The second-order valence-electron chi connectivity index (χ2n) is 5.20. The first-order chi connectivity index (χ1) is 12.9. The van der Waals surface area contributed by atoms with Gasteiger partial charge in [-0.1, -0.05) is 22.8 Å². The first kappa shape index (κ1) is 20.2. The number of methoxy groups -OCH3 is 1. The van der Waals surface area contributed by atoms with Crippen molar-refractivity contribution in [2.24, 2.45) is 0 Å². The maximum Gasteiger partial charge on any atom is 0.343 e. The molecule has 0 amide bonds. The summed E-state index contributed by atoms with van der Waals surface area (Å²) in [6.07, 6.45) is 2.97. The molecule has 144 valence electrons. The van der Waals surface area contributed by atoms with Crippen molar-refractivity contribution in [3.8, 4) is 11.5 Å². The van der Waals surface area contributed by atoms with Gasteiger partial charge in [0.15, 0.2) is 23.8 Å². The van der Waals surface area contributed by atoms with E-state index in [0.717, 1.165) is 0 Å². The van der Waals surface area contributed by atoms with Gasteiger partial charge in [0.25, 0.3) is 0 Å². The maximum absolute atomic E-state index is 11.3. The minimum absolute atomic E-state index is 0.0117. The summed E-state index contributed by atoms with van der Waals surface area (Å²) < 4.78 is 20.4. The van der Waals surface area contributed by atoms with Gasteiger partial charge >= 0.3 is 11.7 Å². The molecule has 0 aliphatic carbocycles. The molecule has 0 spiro atoms. The van der Waals surface area contributed by atoms with E-state index in [-0.39, 0.29) is 34.5 Å². The van der Waals surface area contributed by atoms with Gasteiger partial charge < -0.3 is 18.7 Å². The number of nitrogens with zero attached hydrogens (tertiary/aromatic N) is 2. The summed E-state index contributed by atoms with van der Waals surface area (Å²) in [5, 5.41) is 14.9. The van der Waals surface area contributed by atoms with Crippen LogP contribution in [-0.2, 0) is 9.53 Å². The van der Waals surface area contributed by atoms with E-state index in [9.17, 15) is 14.9 Å². The lowest BCUT2D eigenvalue weighted by Crippen LogP contribution is -2.13. The summed E-state index contributed by atoms with van der Waals surface area (Å²) in [5.41, 5.74) is 0.553. The van der Waals surface area contributed by atoms with Crippen LogP contribution in [0.15, 0.2) is 16.7 Å². The Hall–Kier alpha value is -3.07. The highest BCUT2D eigenvalue weighted by Crippen LogP contribution is 2.37. The van der Waals surface area contributed by atoms with Crippen molar-refractivity contribution in [2.75, 3.05) is 20.3 Å². The normalized spacial score (nSPS) is 10.8. The molecule has 1 aromatic heterocycles. The molecule has 0 atom stereocenters. The molecule has 0 unspecified atom stereocenters. The lowest BCUT2D eigenvalue weighted by atomic mass is 10.1. The molecule has 9 nitrogen and oxygen atoms in total. The van der Waals surface area contributed by atoms with Gasteiger partial charge in [0, 0.05) is 0 Å². The molecular weight excluding hydrogens is 380 g/mol. The number of carbonyl (C=O) groups is 1. The Bertz CT molecular complexity index is 876. The van der Waals surface area contributed by atoms with Crippen LogP contribution in [0.5, 0.6) is 11.5 Å². The first-order valence-electron chi connectivity index (χ1n) is 7.82. The molecule has 0 aliphatic heterocycles. The Kier molecular flexibility index (Phi) is 6.78. The van der Waals surface area contributed by atoms with Crippen molar-refractivity contribution in [2.45, 2.75) is 13.8 Å². The highest BCUT2D eigenvalue weighted by molar-refractivity contribution is 6.32. The number of nitro groups is 1. The summed E-state index contributed by atoms with van der Waals surface area (Å²) in [4.78, 5) is 21.8. The van der Waals surface area contributed by atoms with Crippen LogP contribution in [0.3, 0.4) is 0 Å². The molecule has 0 bridgehead atoms. The predicted molar refractivity (Wildman–Crippen MR) is 97.0 cm³/mol. The van der Waals surface area contributed by atoms with Crippen molar-refractivity contribution < 1.29 is 28.5 Å². The fourth-order valence-corrected chi connectivity index (χ4v) is 2.44. The molecule has 2 rings (SSSR count). The monoisotopic (exact) mass is 396 g/mol. The maximum atomic E-state index is 11.3. The van der Waals surface area contributed by atoms with Crippen molar-refractivity contribution in [3.05, 3.63) is 44.3 Å². The van der Waals surface area contributed by atoms with Gasteiger partial charge in [-0.05, 0) is 37.6 Å². The van der Waals surface area contributed by atoms with Crippen LogP contribution >= 0.6 is 11.6 Å². The number of carbonyl (C=O) groups excluding carboxylic acids is 1. The van der Waals surface area contributed by atoms with Gasteiger partial charge in [-0.15, -0.1) is 0 Å². The minimum Gasteiger partial charge on any atom is -0.490 e. The number of ether oxygens (including phenoxy) is 3. The summed E-state index contributed by atoms with van der Waals surface area (Å²) in [6, 6.07) is 3.18. The van der Waals surface area contributed by atoms with Crippen LogP contribution in [0.25, 0.3) is 12.2 Å². The number of aryl methyl sites for hydroxylation is 1. The van der Waals surface area contributed by atoms with Gasteiger partial charge in [0.1, 0.15) is 0 Å². The summed E-state index contributed by atoms with van der Waals surface area (Å²) in [5.74, 6) is -0.0394. The summed E-state index contributed by atoms with van der Waals surface area (Å²) in [6.45, 7) is 3.28. The highest BCUT2D eigenvalue weighted by atomic mass is 35.5. The highest BCUT2D eigenvalue weighted by Gasteiger charge is 2.22. The van der Waals surface area contributed by atoms with Crippen LogP contribution in [0.2, 0.25) is 5.02 Å². The molecule has 0 saturated carbocycles. The first-order valence-corrected chi connectivity index (χ1v) is 8.19. The molecule has 0 N–H and O–H groups in total. The Morgan fingerprint density at radius 2 is 2.11 bits per heavy atom. The van der Waals surface area contributed by atoms with Gasteiger partial charge in [0.05, 0.1) is 23.7 Å². The zero-order chi connectivity index (χ0) is 20.0. The van der Waals surface area contributed by atoms with E-state index in [1.54, 1.807) is 25.1 Å². The van der Waals surface area contributed by atoms with Crippen molar-refractivity contribution in [1.29, 1.82) is 0 Å². The second kappa shape index (κ2) is 9.04. The van der Waals surface area contributed by atoms with Crippen LogP contribution < -0.4 is 9.47 Å². The molecule has 0 saturated heterocycles. The van der Waals surface area contributed by atoms with Crippen molar-refractivity contribution in [1.82, 2.24) is 5.16 Å². The Balaban J connectivity index is 2.33.